The Kier molecular flexibility index (Phi) is 7.15. The molecule has 0 fully saturated rings. The summed E-state index contributed by atoms with van der Waals surface area (Å²) in [5, 5.41) is 19.1. The molecule has 2 N–H and O–H groups in total. The van der Waals surface area contributed by atoms with Crippen LogP contribution in [-0.2, 0) is 0 Å². The van der Waals surface area contributed by atoms with Gasteiger partial charge in [-0.1, -0.05) is 34.8 Å². The van der Waals surface area contributed by atoms with Crippen LogP contribution in [0.3, 0.4) is 0 Å². The van der Waals surface area contributed by atoms with E-state index in [1.807, 2.05) is 73.8 Å². The smallest absolute Gasteiger partial charge is 0.322 e. The number of hydrogen-bond donors (Lipinski definition) is 2. The molecular weight excluding hydrogens is 388 g/mol. The first-order chi connectivity index (χ1) is 14.0. The maximum Gasteiger partial charge on any atom is 0.322 e. The molecule has 0 aliphatic carbocycles. The number of aliphatic hydroxyl groups is 1. The minimum atomic E-state index is -0.803. The van der Waals surface area contributed by atoms with Crippen molar-refractivity contribution in [2.45, 2.75) is 26.0 Å². The predicted molar refractivity (Wildman–Crippen MR) is 114 cm³/mol. The van der Waals surface area contributed by atoms with Gasteiger partial charge >= 0.3 is 6.03 Å². The van der Waals surface area contributed by atoms with Crippen molar-refractivity contribution in [3.05, 3.63) is 60.0 Å². The molecule has 152 valence electrons. The molecule has 1 aromatic heterocycles. The highest BCUT2D eigenvalue weighted by Crippen LogP contribution is 2.20. The van der Waals surface area contributed by atoms with E-state index < -0.39 is 6.10 Å². The normalized spacial score (nSPS) is 11.9. The van der Waals surface area contributed by atoms with E-state index in [-0.39, 0.29) is 25.2 Å². The fourth-order valence-electron chi connectivity index (χ4n) is 2.73. The van der Waals surface area contributed by atoms with Crippen molar-refractivity contribution in [3.8, 4) is 17.0 Å². The van der Waals surface area contributed by atoms with Crippen LogP contribution in [0.1, 0.15) is 13.8 Å². The highest BCUT2D eigenvalue weighted by atomic mass is 32.1. The van der Waals surface area contributed by atoms with Crippen LogP contribution in [0.15, 0.2) is 60.0 Å². The van der Waals surface area contributed by atoms with Gasteiger partial charge in [-0.2, -0.15) is 0 Å². The van der Waals surface area contributed by atoms with Crippen LogP contribution in [-0.4, -0.2) is 50.9 Å². The number of benzene rings is 2. The standard InChI is InChI=1S/C21H24N4O3S/c1-15(2)25(12-18(26)13-28-19-6-4-3-5-7-19)21(27)22-17-10-8-16(9-11-17)20-14-29-24-23-20/h3-11,14-15,18,26H,12-13H2,1-2H3,(H,22,27). The minimum Gasteiger partial charge on any atom is -0.491 e. The van der Waals surface area contributed by atoms with Gasteiger partial charge in [-0.3, -0.25) is 0 Å². The molecule has 29 heavy (non-hydrogen) atoms. The molecule has 7 nitrogen and oxygen atoms in total. The highest BCUT2D eigenvalue weighted by molar-refractivity contribution is 7.03. The van der Waals surface area contributed by atoms with Crippen LogP contribution in [0, 0.1) is 0 Å². The summed E-state index contributed by atoms with van der Waals surface area (Å²) in [5.41, 5.74) is 2.41. The number of nitrogens with zero attached hydrogens (tertiary/aromatic N) is 3. The zero-order valence-corrected chi connectivity index (χ0v) is 17.2. The van der Waals surface area contributed by atoms with Gasteiger partial charge in [-0.25, -0.2) is 4.79 Å². The first-order valence-corrected chi connectivity index (χ1v) is 10.2. The number of nitrogens with one attached hydrogen (secondary N) is 1. The molecule has 0 radical (unpaired) electrons. The number of urea groups is 1. The Morgan fingerprint density at radius 2 is 1.90 bits per heavy atom. The summed E-state index contributed by atoms with van der Waals surface area (Å²) in [4.78, 5) is 14.3. The lowest BCUT2D eigenvalue weighted by Crippen LogP contribution is -2.45. The second kappa shape index (κ2) is 9.99. The lowest BCUT2D eigenvalue weighted by atomic mass is 10.1. The molecule has 1 atom stereocenters. The first kappa shape index (κ1) is 20.8. The molecule has 2 aromatic carbocycles. The molecule has 1 heterocycles. The van der Waals surface area contributed by atoms with Crippen LogP contribution in [0.2, 0.25) is 0 Å². The molecule has 1 unspecified atom stereocenters. The number of para-hydroxylation sites is 1. The van der Waals surface area contributed by atoms with Crippen LogP contribution in [0.25, 0.3) is 11.3 Å². The largest absolute Gasteiger partial charge is 0.491 e. The summed E-state index contributed by atoms with van der Waals surface area (Å²) < 4.78 is 9.43. The Morgan fingerprint density at radius 3 is 2.52 bits per heavy atom. The zero-order valence-electron chi connectivity index (χ0n) is 16.4. The van der Waals surface area contributed by atoms with Crippen LogP contribution >= 0.6 is 11.5 Å². The number of aliphatic hydroxyl groups excluding tert-OH is 1. The SMILES string of the molecule is CC(C)N(CC(O)COc1ccccc1)C(=O)Nc1ccc(-c2csnn2)cc1. The van der Waals surface area contributed by atoms with Gasteiger partial charge in [-0.05, 0) is 49.6 Å². The van der Waals surface area contributed by atoms with Crippen LogP contribution in [0.5, 0.6) is 5.75 Å². The second-order valence-electron chi connectivity index (χ2n) is 6.82. The summed E-state index contributed by atoms with van der Waals surface area (Å²) >= 11 is 1.29. The van der Waals surface area contributed by atoms with Gasteiger partial charge in [0.25, 0.3) is 0 Å². The number of amides is 2. The molecule has 8 heteroatoms. The molecule has 0 bridgehead atoms. The van der Waals surface area contributed by atoms with Gasteiger partial charge in [0, 0.05) is 22.7 Å². The molecule has 3 rings (SSSR count). The van der Waals surface area contributed by atoms with Crippen LogP contribution < -0.4 is 10.1 Å². The van der Waals surface area contributed by atoms with Gasteiger partial charge in [0.05, 0.1) is 6.54 Å². The van der Waals surface area contributed by atoms with Crippen molar-refractivity contribution >= 4 is 23.3 Å². The van der Waals surface area contributed by atoms with E-state index in [0.29, 0.717) is 11.4 Å². The molecule has 0 saturated carbocycles. The van der Waals surface area contributed by atoms with Gasteiger partial charge in [0.15, 0.2) is 0 Å². The number of carbonyl (C=O) groups excluding carboxylic acids is 1. The van der Waals surface area contributed by atoms with Gasteiger partial charge in [-0.15, -0.1) is 5.10 Å². The number of anilines is 1. The average molecular weight is 413 g/mol. The van der Waals surface area contributed by atoms with E-state index in [2.05, 4.69) is 14.9 Å². The third-order valence-corrected chi connectivity index (χ3v) is 4.77. The van der Waals surface area contributed by atoms with E-state index in [0.717, 1.165) is 11.3 Å². The summed E-state index contributed by atoms with van der Waals surface area (Å²) in [6.45, 7) is 4.08. The number of ether oxygens (including phenoxy) is 1. The Hall–Kier alpha value is -2.97. The average Bonchev–Trinajstić information content (AvgIpc) is 3.26. The Bertz CT molecular complexity index is 886. The Balaban J connectivity index is 1.56. The van der Waals surface area contributed by atoms with E-state index in [4.69, 9.17) is 4.74 Å². The summed E-state index contributed by atoms with van der Waals surface area (Å²) in [5.74, 6) is 0.683. The molecule has 0 aliphatic rings. The fourth-order valence-corrected chi connectivity index (χ4v) is 3.19. The highest BCUT2D eigenvalue weighted by Gasteiger charge is 2.21. The lowest BCUT2D eigenvalue weighted by molar-refractivity contribution is 0.0717. The quantitative estimate of drug-likeness (QED) is 0.586. The maximum atomic E-state index is 12.7. The van der Waals surface area contributed by atoms with E-state index in [1.54, 1.807) is 4.90 Å². The van der Waals surface area contributed by atoms with Gasteiger partial charge in [0.2, 0.25) is 0 Å². The summed E-state index contributed by atoms with van der Waals surface area (Å²) in [6.07, 6.45) is -0.803. The Labute approximate surface area is 174 Å². The first-order valence-electron chi connectivity index (χ1n) is 9.34. The molecule has 0 spiro atoms. The summed E-state index contributed by atoms with van der Waals surface area (Å²) in [6, 6.07) is 16.3. The van der Waals surface area contributed by atoms with E-state index >= 15 is 0 Å². The minimum absolute atomic E-state index is 0.0817. The number of rotatable bonds is 8. The van der Waals surface area contributed by atoms with Crippen LogP contribution in [0.4, 0.5) is 10.5 Å². The maximum absolute atomic E-state index is 12.7. The molecule has 0 aliphatic heterocycles. The monoisotopic (exact) mass is 412 g/mol. The van der Waals surface area contributed by atoms with Crippen molar-refractivity contribution in [3.63, 3.8) is 0 Å². The van der Waals surface area contributed by atoms with Crippen molar-refractivity contribution in [2.24, 2.45) is 0 Å². The molecule has 0 saturated heterocycles. The topological polar surface area (TPSA) is 87.6 Å². The van der Waals surface area contributed by atoms with E-state index in [9.17, 15) is 9.90 Å². The Morgan fingerprint density at radius 1 is 1.17 bits per heavy atom. The lowest BCUT2D eigenvalue weighted by Gasteiger charge is -2.29. The summed E-state index contributed by atoms with van der Waals surface area (Å²) in [7, 11) is 0. The second-order valence-corrected chi connectivity index (χ2v) is 7.43. The number of carbonyl (C=O) groups is 1. The zero-order chi connectivity index (χ0) is 20.6. The molecule has 2 amide bonds. The van der Waals surface area contributed by atoms with Crippen molar-refractivity contribution in [1.82, 2.24) is 14.5 Å². The van der Waals surface area contributed by atoms with E-state index in [1.165, 1.54) is 11.5 Å². The van der Waals surface area contributed by atoms with Gasteiger partial charge in [0.1, 0.15) is 24.2 Å². The third-order valence-electron chi connectivity index (χ3n) is 4.27. The third kappa shape index (κ3) is 6.00. The predicted octanol–water partition coefficient (Wildman–Crippen LogP) is 3.89. The van der Waals surface area contributed by atoms with Crippen molar-refractivity contribution < 1.29 is 14.6 Å². The number of hydrogen-bond acceptors (Lipinski definition) is 6. The fraction of sp³-hybridized carbons (Fsp3) is 0.286. The molecule has 3 aromatic rings. The number of aromatic nitrogens is 2. The van der Waals surface area contributed by atoms with Crippen molar-refractivity contribution in [2.75, 3.05) is 18.5 Å². The molecular formula is C21H24N4O3S. The van der Waals surface area contributed by atoms with Gasteiger partial charge < -0.3 is 20.1 Å². The van der Waals surface area contributed by atoms with Crippen molar-refractivity contribution in [1.29, 1.82) is 0 Å².